The Morgan fingerprint density at radius 3 is 2.69 bits per heavy atom. The van der Waals surface area contributed by atoms with E-state index in [4.69, 9.17) is 0 Å². The van der Waals surface area contributed by atoms with Gasteiger partial charge in [0, 0.05) is 12.1 Å². The van der Waals surface area contributed by atoms with E-state index in [1.165, 1.54) is 45.3 Å². The van der Waals surface area contributed by atoms with Gasteiger partial charge in [0.05, 0.1) is 0 Å². The van der Waals surface area contributed by atoms with Crippen LogP contribution in [0.2, 0.25) is 0 Å². The number of hydrogen-bond acceptors (Lipinski definition) is 2. The van der Waals surface area contributed by atoms with Gasteiger partial charge < -0.3 is 10.2 Å². The van der Waals surface area contributed by atoms with Gasteiger partial charge >= 0.3 is 0 Å². The molecule has 2 atom stereocenters. The summed E-state index contributed by atoms with van der Waals surface area (Å²) in [5, 5.41) is 3.48. The molecule has 1 N–H and O–H groups in total. The van der Waals surface area contributed by atoms with Crippen LogP contribution in [0.1, 0.15) is 53.4 Å². The number of unbranched alkanes of at least 4 members (excludes halogenated alkanes) is 1. The minimum atomic E-state index is 0.633. The van der Waals surface area contributed by atoms with E-state index >= 15 is 0 Å². The third-order valence-electron chi connectivity index (χ3n) is 3.93. The average Bonchev–Trinajstić information content (AvgIpc) is 2.23. The van der Waals surface area contributed by atoms with Crippen LogP contribution in [0.4, 0.5) is 0 Å². The molecule has 1 aliphatic heterocycles. The van der Waals surface area contributed by atoms with Crippen LogP contribution in [0.15, 0.2) is 0 Å². The van der Waals surface area contributed by atoms with Crippen LogP contribution in [-0.4, -0.2) is 36.6 Å². The van der Waals surface area contributed by atoms with Gasteiger partial charge in [0.2, 0.25) is 0 Å². The zero-order valence-corrected chi connectivity index (χ0v) is 11.6. The lowest BCUT2D eigenvalue weighted by atomic mass is 9.92. The van der Waals surface area contributed by atoms with Gasteiger partial charge in [0.15, 0.2) is 0 Å². The van der Waals surface area contributed by atoms with Gasteiger partial charge in [-0.2, -0.15) is 0 Å². The second kappa shape index (κ2) is 7.29. The molecule has 0 aromatic carbocycles. The molecule has 1 aliphatic rings. The van der Waals surface area contributed by atoms with E-state index in [0.717, 1.165) is 12.0 Å². The van der Waals surface area contributed by atoms with Gasteiger partial charge in [-0.15, -0.1) is 0 Å². The van der Waals surface area contributed by atoms with Crippen molar-refractivity contribution in [2.75, 3.05) is 19.6 Å². The van der Waals surface area contributed by atoms with E-state index < -0.39 is 0 Å². The smallest absolute Gasteiger partial charge is 0.00925 e. The molecule has 1 heterocycles. The Bertz CT molecular complexity index is 180. The Kier molecular flexibility index (Phi) is 6.37. The Labute approximate surface area is 102 Å². The van der Waals surface area contributed by atoms with Crippen molar-refractivity contribution >= 4 is 0 Å². The van der Waals surface area contributed by atoms with Crippen LogP contribution >= 0.6 is 0 Å². The average molecular weight is 226 g/mol. The highest BCUT2D eigenvalue weighted by Crippen LogP contribution is 2.22. The van der Waals surface area contributed by atoms with Crippen molar-refractivity contribution in [1.82, 2.24) is 10.2 Å². The summed E-state index contributed by atoms with van der Waals surface area (Å²) in [5.74, 6) is 0.891. The minimum absolute atomic E-state index is 0.633. The van der Waals surface area contributed by atoms with Gasteiger partial charge in [-0.1, -0.05) is 20.8 Å². The first kappa shape index (κ1) is 14.0. The lowest BCUT2D eigenvalue weighted by Gasteiger charge is -2.38. The first-order chi connectivity index (χ1) is 7.61. The van der Waals surface area contributed by atoms with Crippen molar-refractivity contribution in [1.29, 1.82) is 0 Å². The van der Waals surface area contributed by atoms with Crippen LogP contribution in [0.3, 0.4) is 0 Å². The summed E-state index contributed by atoms with van der Waals surface area (Å²) >= 11 is 0. The predicted octanol–water partition coefficient (Wildman–Crippen LogP) is 2.89. The van der Waals surface area contributed by atoms with Crippen molar-refractivity contribution in [3.63, 3.8) is 0 Å². The number of likely N-dealkylation sites (tertiary alicyclic amines) is 1. The SMILES string of the molecule is CC(C)NCCCCN1CCCC(C)C1C. The van der Waals surface area contributed by atoms with E-state index in [-0.39, 0.29) is 0 Å². The van der Waals surface area contributed by atoms with Crippen molar-refractivity contribution in [3.8, 4) is 0 Å². The standard InChI is InChI=1S/C14H30N2/c1-12(2)15-9-5-6-10-16-11-7-8-13(3)14(16)4/h12-15H,5-11H2,1-4H3. The van der Waals surface area contributed by atoms with E-state index in [0.29, 0.717) is 6.04 Å². The molecule has 0 spiro atoms. The van der Waals surface area contributed by atoms with Gasteiger partial charge in [0.1, 0.15) is 0 Å². The Morgan fingerprint density at radius 1 is 1.25 bits per heavy atom. The second-order valence-corrected chi connectivity index (χ2v) is 5.71. The normalized spacial score (nSPS) is 27.6. The summed E-state index contributed by atoms with van der Waals surface area (Å²) in [4.78, 5) is 2.68. The van der Waals surface area contributed by atoms with Crippen LogP contribution in [-0.2, 0) is 0 Å². The number of hydrogen-bond donors (Lipinski definition) is 1. The number of piperidine rings is 1. The van der Waals surface area contributed by atoms with Crippen molar-refractivity contribution in [2.24, 2.45) is 5.92 Å². The fraction of sp³-hybridized carbons (Fsp3) is 1.00. The lowest BCUT2D eigenvalue weighted by molar-refractivity contribution is 0.112. The monoisotopic (exact) mass is 226 g/mol. The first-order valence-corrected chi connectivity index (χ1v) is 7.08. The minimum Gasteiger partial charge on any atom is -0.315 e. The summed E-state index contributed by atoms with van der Waals surface area (Å²) in [6.07, 6.45) is 5.48. The fourth-order valence-corrected chi connectivity index (χ4v) is 2.57. The zero-order valence-electron chi connectivity index (χ0n) is 11.6. The van der Waals surface area contributed by atoms with Gasteiger partial charge in [0.25, 0.3) is 0 Å². The fourth-order valence-electron chi connectivity index (χ4n) is 2.57. The van der Waals surface area contributed by atoms with Crippen LogP contribution in [0, 0.1) is 5.92 Å². The molecule has 1 rings (SSSR count). The third kappa shape index (κ3) is 4.84. The van der Waals surface area contributed by atoms with Crippen LogP contribution in [0.5, 0.6) is 0 Å². The molecule has 0 saturated carbocycles. The molecule has 0 amide bonds. The maximum Gasteiger partial charge on any atom is 0.00925 e. The molecule has 2 nitrogen and oxygen atoms in total. The summed E-state index contributed by atoms with van der Waals surface area (Å²) in [6, 6.07) is 1.43. The molecule has 0 aromatic heterocycles. The predicted molar refractivity (Wildman–Crippen MR) is 71.8 cm³/mol. The van der Waals surface area contributed by atoms with Gasteiger partial charge in [-0.3, -0.25) is 0 Å². The van der Waals surface area contributed by atoms with E-state index in [9.17, 15) is 0 Å². The van der Waals surface area contributed by atoms with E-state index in [1.54, 1.807) is 0 Å². The topological polar surface area (TPSA) is 15.3 Å². The molecular weight excluding hydrogens is 196 g/mol. The molecule has 0 aliphatic carbocycles. The van der Waals surface area contributed by atoms with E-state index in [1.807, 2.05) is 0 Å². The lowest BCUT2D eigenvalue weighted by Crippen LogP contribution is -2.42. The van der Waals surface area contributed by atoms with Gasteiger partial charge in [-0.25, -0.2) is 0 Å². The summed E-state index contributed by atoms with van der Waals surface area (Å²) in [6.45, 7) is 13.0. The Hall–Kier alpha value is -0.0800. The maximum absolute atomic E-state index is 3.48. The van der Waals surface area contributed by atoms with Crippen LogP contribution in [0.25, 0.3) is 0 Å². The molecule has 0 radical (unpaired) electrons. The first-order valence-electron chi connectivity index (χ1n) is 7.08. The zero-order chi connectivity index (χ0) is 12.0. The van der Waals surface area contributed by atoms with Crippen molar-refractivity contribution in [2.45, 2.75) is 65.5 Å². The summed E-state index contributed by atoms with van der Waals surface area (Å²) in [5.41, 5.74) is 0. The maximum atomic E-state index is 3.48. The number of nitrogens with one attached hydrogen (secondary N) is 1. The summed E-state index contributed by atoms with van der Waals surface area (Å²) in [7, 11) is 0. The Balaban J connectivity index is 2.07. The molecule has 1 fully saturated rings. The van der Waals surface area contributed by atoms with Crippen molar-refractivity contribution < 1.29 is 0 Å². The highest BCUT2D eigenvalue weighted by Gasteiger charge is 2.23. The molecule has 1 saturated heterocycles. The quantitative estimate of drug-likeness (QED) is 0.701. The second-order valence-electron chi connectivity index (χ2n) is 5.71. The highest BCUT2D eigenvalue weighted by atomic mass is 15.2. The van der Waals surface area contributed by atoms with Gasteiger partial charge in [-0.05, 0) is 58.2 Å². The van der Waals surface area contributed by atoms with Crippen molar-refractivity contribution in [3.05, 3.63) is 0 Å². The molecule has 0 aromatic rings. The molecule has 2 unspecified atom stereocenters. The Morgan fingerprint density at radius 2 is 2.00 bits per heavy atom. The van der Waals surface area contributed by atoms with E-state index in [2.05, 4.69) is 37.9 Å². The molecular formula is C14H30N2. The number of rotatable bonds is 6. The van der Waals surface area contributed by atoms with Crippen LogP contribution < -0.4 is 5.32 Å². The molecule has 0 bridgehead atoms. The largest absolute Gasteiger partial charge is 0.315 e. The molecule has 96 valence electrons. The summed E-state index contributed by atoms with van der Waals surface area (Å²) < 4.78 is 0. The third-order valence-corrected chi connectivity index (χ3v) is 3.93. The highest BCUT2D eigenvalue weighted by molar-refractivity contribution is 4.78. The molecule has 2 heteroatoms. The number of nitrogens with zero attached hydrogens (tertiary/aromatic N) is 1. The molecule has 16 heavy (non-hydrogen) atoms.